The van der Waals surface area contributed by atoms with Gasteiger partial charge in [-0.1, -0.05) is 52.0 Å². The van der Waals surface area contributed by atoms with Crippen LogP contribution in [-0.2, 0) is 11.2 Å². The molecule has 0 heterocycles. The Balaban J connectivity index is 1.90. The maximum absolute atomic E-state index is 12.2. The molecule has 1 amide bonds. The summed E-state index contributed by atoms with van der Waals surface area (Å²) in [6.07, 6.45) is 0.899. The highest BCUT2D eigenvalue weighted by atomic mass is 16.1. The summed E-state index contributed by atoms with van der Waals surface area (Å²) in [4.78, 5) is 12.2. The predicted octanol–water partition coefficient (Wildman–Crippen LogP) is 3.37. The topological polar surface area (TPSA) is 29.1 Å². The molecule has 0 aliphatic heterocycles. The molecule has 1 atom stereocenters. The highest BCUT2D eigenvalue weighted by Crippen LogP contribution is 2.34. The highest BCUT2D eigenvalue weighted by molar-refractivity contribution is 5.86. The molecular formula is C17H25NO. The molecule has 1 aromatic carbocycles. The van der Waals surface area contributed by atoms with Gasteiger partial charge in [0.25, 0.3) is 0 Å². The van der Waals surface area contributed by atoms with Crippen molar-refractivity contribution in [1.29, 1.82) is 0 Å². The van der Waals surface area contributed by atoms with Crippen molar-refractivity contribution < 1.29 is 4.79 Å². The van der Waals surface area contributed by atoms with Gasteiger partial charge in [-0.25, -0.2) is 0 Å². The van der Waals surface area contributed by atoms with Crippen molar-refractivity contribution in [3.8, 4) is 0 Å². The zero-order chi connectivity index (χ0) is 14.0. The van der Waals surface area contributed by atoms with Crippen molar-refractivity contribution >= 4 is 5.91 Å². The summed E-state index contributed by atoms with van der Waals surface area (Å²) in [6, 6.07) is 8.25. The van der Waals surface area contributed by atoms with E-state index in [1.165, 1.54) is 11.1 Å². The maximum atomic E-state index is 12.2. The Morgan fingerprint density at radius 2 is 1.84 bits per heavy atom. The number of nitrogens with one attached hydrogen (secondary N) is 1. The molecule has 1 aromatic rings. The molecule has 2 nitrogen and oxygen atoms in total. The van der Waals surface area contributed by atoms with E-state index in [2.05, 4.69) is 45.1 Å². The first kappa shape index (κ1) is 14.1. The first-order valence-electron chi connectivity index (χ1n) is 7.36. The number of carbonyl (C=O) groups excluding carboxylic acids is 1. The Morgan fingerprint density at radius 3 is 2.42 bits per heavy atom. The summed E-state index contributed by atoms with van der Waals surface area (Å²) in [7, 11) is 0. The van der Waals surface area contributed by atoms with E-state index in [0.29, 0.717) is 17.8 Å². The summed E-state index contributed by atoms with van der Waals surface area (Å²) in [6.45, 7) is 9.72. The van der Waals surface area contributed by atoms with Crippen molar-refractivity contribution in [1.82, 2.24) is 5.32 Å². The molecule has 2 heteroatoms. The van der Waals surface area contributed by atoms with Crippen LogP contribution in [0.15, 0.2) is 24.3 Å². The molecular weight excluding hydrogens is 234 g/mol. The second-order valence-corrected chi connectivity index (χ2v) is 6.35. The SMILES string of the molecule is CC(C)C(CNC(=O)C1Cc2ccccc21)C(C)C. The van der Waals surface area contributed by atoms with Gasteiger partial charge >= 0.3 is 0 Å². The molecule has 0 fully saturated rings. The van der Waals surface area contributed by atoms with Crippen molar-refractivity contribution in [3.05, 3.63) is 35.4 Å². The van der Waals surface area contributed by atoms with Crippen LogP contribution in [0.1, 0.15) is 44.7 Å². The molecule has 1 N–H and O–H groups in total. The van der Waals surface area contributed by atoms with Gasteiger partial charge in [0.15, 0.2) is 0 Å². The Labute approximate surface area is 116 Å². The number of hydrogen-bond donors (Lipinski definition) is 1. The zero-order valence-corrected chi connectivity index (χ0v) is 12.4. The second kappa shape index (κ2) is 5.77. The monoisotopic (exact) mass is 259 g/mol. The largest absolute Gasteiger partial charge is 0.355 e. The second-order valence-electron chi connectivity index (χ2n) is 6.35. The summed E-state index contributed by atoms with van der Waals surface area (Å²) in [5.41, 5.74) is 2.54. The Kier molecular flexibility index (Phi) is 4.28. The van der Waals surface area contributed by atoms with Crippen molar-refractivity contribution in [3.63, 3.8) is 0 Å². The summed E-state index contributed by atoms with van der Waals surface area (Å²) >= 11 is 0. The highest BCUT2D eigenvalue weighted by Gasteiger charge is 2.32. The third kappa shape index (κ3) is 2.99. The average Bonchev–Trinajstić information content (AvgIpc) is 2.30. The molecule has 2 rings (SSSR count). The molecule has 1 unspecified atom stereocenters. The van der Waals surface area contributed by atoms with Crippen LogP contribution in [0.2, 0.25) is 0 Å². The van der Waals surface area contributed by atoms with E-state index >= 15 is 0 Å². The van der Waals surface area contributed by atoms with E-state index in [1.54, 1.807) is 0 Å². The van der Waals surface area contributed by atoms with E-state index in [9.17, 15) is 4.79 Å². The minimum atomic E-state index is 0.0798. The minimum absolute atomic E-state index is 0.0798. The molecule has 0 radical (unpaired) electrons. The molecule has 19 heavy (non-hydrogen) atoms. The number of fused-ring (bicyclic) bond motifs is 1. The molecule has 104 valence electrons. The van der Waals surface area contributed by atoms with Gasteiger partial charge < -0.3 is 5.32 Å². The number of amides is 1. The first-order valence-corrected chi connectivity index (χ1v) is 7.36. The third-order valence-corrected chi connectivity index (χ3v) is 4.40. The fourth-order valence-electron chi connectivity index (χ4n) is 3.08. The van der Waals surface area contributed by atoms with Crippen LogP contribution in [0.4, 0.5) is 0 Å². The lowest BCUT2D eigenvalue weighted by atomic mass is 9.77. The van der Waals surface area contributed by atoms with E-state index in [-0.39, 0.29) is 11.8 Å². The lowest BCUT2D eigenvalue weighted by Gasteiger charge is -2.31. The smallest absolute Gasteiger partial charge is 0.227 e. The van der Waals surface area contributed by atoms with Gasteiger partial charge in [-0.2, -0.15) is 0 Å². The fourth-order valence-corrected chi connectivity index (χ4v) is 3.08. The summed E-state index contributed by atoms with van der Waals surface area (Å²) in [5.74, 6) is 2.04. The standard InChI is InChI=1S/C17H25NO/c1-11(2)16(12(3)4)10-18-17(19)15-9-13-7-5-6-8-14(13)15/h5-8,11-12,15-16H,9-10H2,1-4H3,(H,18,19). The van der Waals surface area contributed by atoms with Gasteiger partial charge in [0.1, 0.15) is 0 Å². The summed E-state index contributed by atoms with van der Waals surface area (Å²) in [5, 5.41) is 3.15. The molecule has 0 bridgehead atoms. The fraction of sp³-hybridized carbons (Fsp3) is 0.588. The Morgan fingerprint density at radius 1 is 1.21 bits per heavy atom. The zero-order valence-electron chi connectivity index (χ0n) is 12.4. The van der Waals surface area contributed by atoms with Crippen LogP contribution >= 0.6 is 0 Å². The molecule has 1 aliphatic carbocycles. The quantitative estimate of drug-likeness (QED) is 0.863. The van der Waals surface area contributed by atoms with Crippen molar-refractivity contribution in [2.45, 2.75) is 40.0 Å². The van der Waals surface area contributed by atoms with Crippen molar-refractivity contribution in [2.75, 3.05) is 6.54 Å². The lowest BCUT2D eigenvalue weighted by Crippen LogP contribution is -2.39. The normalized spacial score (nSPS) is 17.5. The lowest BCUT2D eigenvalue weighted by molar-refractivity contribution is -0.123. The van der Waals surface area contributed by atoms with E-state index < -0.39 is 0 Å². The number of hydrogen-bond acceptors (Lipinski definition) is 1. The Hall–Kier alpha value is -1.31. The van der Waals surface area contributed by atoms with Crippen LogP contribution in [0.5, 0.6) is 0 Å². The maximum Gasteiger partial charge on any atom is 0.227 e. The minimum Gasteiger partial charge on any atom is -0.355 e. The molecule has 0 saturated carbocycles. The number of carbonyl (C=O) groups is 1. The van der Waals surface area contributed by atoms with E-state index in [1.807, 2.05) is 12.1 Å². The van der Waals surface area contributed by atoms with Gasteiger partial charge in [0.05, 0.1) is 5.92 Å². The van der Waals surface area contributed by atoms with Crippen LogP contribution < -0.4 is 5.32 Å². The average molecular weight is 259 g/mol. The predicted molar refractivity (Wildman–Crippen MR) is 79.1 cm³/mol. The molecule has 0 aromatic heterocycles. The van der Waals surface area contributed by atoms with E-state index in [4.69, 9.17) is 0 Å². The Bertz CT molecular complexity index is 442. The molecule has 0 spiro atoms. The van der Waals surface area contributed by atoms with E-state index in [0.717, 1.165) is 13.0 Å². The first-order chi connectivity index (χ1) is 9.00. The third-order valence-electron chi connectivity index (χ3n) is 4.40. The van der Waals surface area contributed by atoms with Gasteiger partial charge in [0.2, 0.25) is 5.91 Å². The van der Waals surface area contributed by atoms with Gasteiger partial charge in [-0.15, -0.1) is 0 Å². The number of benzene rings is 1. The van der Waals surface area contributed by atoms with Crippen LogP contribution in [-0.4, -0.2) is 12.5 Å². The number of rotatable bonds is 5. The van der Waals surface area contributed by atoms with Gasteiger partial charge in [-0.05, 0) is 35.3 Å². The molecule has 0 saturated heterocycles. The summed E-state index contributed by atoms with van der Waals surface area (Å²) < 4.78 is 0. The van der Waals surface area contributed by atoms with Gasteiger partial charge in [0, 0.05) is 6.54 Å². The van der Waals surface area contributed by atoms with Crippen LogP contribution in [0.3, 0.4) is 0 Å². The van der Waals surface area contributed by atoms with Crippen molar-refractivity contribution in [2.24, 2.45) is 17.8 Å². The molecule has 1 aliphatic rings. The van der Waals surface area contributed by atoms with Gasteiger partial charge in [-0.3, -0.25) is 4.79 Å². The van der Waals surface area contributed by atoms with Crippen LogP contribution in [0.25, 0.3) is 0 Å². The van der Waals surface area contributed by atoms with Crippen LogP contribution in [0, 0.1) is 17.8 Å².